The van der Waals surface area contributed by atoms with Crippen LogP contribution in [0.25, 0.3) is 0 Å². The number of hydrogen-bond donors (Lipinski definition) is 3. The summed E-state index contributed by atoms with van der Waals surface area (Å²) < 4.78 is 35.7. The highest BCUT2D eigenvalue weighted by Crippen LogP contribution is 2.25. The largest absolute Gasteiger partial charge is 0.389 e. The second-order valence-electron chi connectivity index (χ2n) is 3.74. The summed E-state index contributed by atoms with van der Waals surface area (Å²) in [5.41, 5.74) is 5.56. The number of nitrogens with two attached hydrogens (primary N) is 1. The molecule has 1 heterocycles. The van der Waals surface area contributed by atoms with Crippen LogP contribution in [0.3, 0.4) is 0 Å². The first kappa shape index (κ1) is 15.5. The van der Waals surface area contributed by atoms with E-state index >= 15 is 0 Å². The number of amides is 1. The van der Waals surface area contributed by atoms with E-state index in [0.29, 0.717) is 11.7 Å². The van der Waals surface area contributed by atoms with E-state index in [2.05, 4.69) is 15.6 Å². The molecule has 0 aromatic carbocycles. The summed E-state index contributed by atoms with van der Waals surface area (Å²) in [5, 5.41) is 5.82. The Bertz CT molecular complexity index is 433. The molecule has 0 atom stereocenters. The molecule has 0 fully saturated rings. The van der Waals surface area contributed by atoms with Crippen molar-refractivity contribution in [1.29, 1.82) is 0 Å². The summed E-state index contributed by atoms with van der Waals surface area (Å²) in [5.74, 6) is -0.421. The van der Waals surface area contributed by atoms with Gasteiger partial charge in [0.25, 0.3) is 5.91 Å². The van der Waals surface area contributed by atoms with Crippen LogP contribution >= 0.6 is 11.3 Å². The second-order valence-corrected chi connectivity index (χ2v) is 4.74. The van der Waals surface area contributed by atoms with Gasteiger partial charge >= 0.3 is 6.18 Å². The molecule has 0 saturated heterocycles. The van der Waals surface area contributed by atoms with Crippen LogP contribution in [0.4, 0.5) is 24.1 Å². The summed E-state index contributed by atoms with van der Waals surface area (Å²) >= 11 is 1.07. The highest BCUT2D eigenvalue weighted by Gasteiger charge is 2.26. The van der Waals surface area contributed by atoms with Gasteiger partial charge in [-0.3, -0.25) is 4.79 Å². The monoisotopic (exact) mass is 296 g/mol. The molecule has 9 heteroatoms. The maximum absolute atomic E-state index is 11.9. The molecule has 0 spiro atoms. The van der Waals surface area contributed by atoms with Crippen molar-refractivity contribution in [2.24, 2.45) is 0 Å². The van der Waals surface area contributed by atoms with E-state index in [4.69, 9.17) is 5.73 Å². The van der Waals surface area contributed by atoms with Crippen molar-refractivity contribution in [3.63, 3.8) is 0 Å². The van der Waals surface area contributed by atoms with Gasteiger partial charge in [0, 0.05) is 19.5 Å². The molecule has 0 radical (unpaired) electrons. The van der Waals surface area contributed by atoms with Crippen LogP contribution in [0.15, 0.2) is 0 Å². The molecule has 5 nitrogen and oxygen atoms in total. The summed E-state index contributed by atoms with van der Waals surface area (Å²) in [6, 6.07) is 0. The van der Waals surface area contributed by atoms with Crippen molar-refractivity contribution < 1.29 is 18.0 Å². The fraction of sp³-hybridized carbons (Fsp3) is 0.600. The number of carbonyl (C=O) groups is 1. The number of thiazole rings is 1. The summed E-state index contributed by atoms with van der Waals surface area (Å²) in [4.78, 5) is 15.8. The Balaban J connectivity index is 2.45. The highest BCUT2D eigenvalue weighted by atomic mass is 32.1. The van der Waals surface area contributed by atoms with E-state index < -0.39 is 18.5 Å². The minimum atomic E-state index is -4.20. The van der Waals surface area contributed by atoms with Gasteiger partial charge in [0.2, 0.25) is 0 Å². The van der Waals surface area contributed by atoms with Crippen molar-refractivity contribution in [3.8, 4) is 0 Å². The van der Waals surface area contributed by atoms with Crippen molar-refractivity contribution in [3.05, 3.63) is 4.88 Å². The Kier molecular flexibility index (Phi) is 5.40. The predicted molar refractivity (Wildman–Crippen MR) is 68.3 cm³/mol. The number of anilines is 2. The standard InChI is InChI=1S/C10H15F3N4OS/c1-2-15-9-17-7(14)6(19-9)8(18)16-5-3-4-10(11,12)13/h2-5,14H2,1H3,(H,15,17)(H,16,18). The third kappa shape index (κ3) is 5.33. The molecule has 19 heavy (non-hydrogen) atoms. The Labute approximate surface area is 112 Å². The molecule has 4 N–H and O–H groups in total. The lowest BCUT2D eigenvalue weighted by atomic mass is 10.3. The smallest absolute Gasteiger partial charge is 0.382 e. The first-order valence-corrected chi connectivity index (χ1v) is 6.50. The van der Waals surface area contributed by atoms with Crippen molar-refractivity contribution in [2.75, 3.05) is 24.1 Å². The van der Waals surface area contributed by atoms with Gasteiger partial charge in [-0.25, -0.2) is 4.98 Å². The lowest BCUT2D eigenvalue weighted by molar-refractivity contribution is -0.135. The van der Waals surface area contributed by atoms with Crippen LogP contribution in [0.1, 0.15) is 29.4 Å². The molecule has 108 valence electrons. The molecule has 0 unspecified atom stereocenters. The van der Waals surface area contributed by atoms with Gasteiger partial charge in [0.1, 0.15) is 10.7 Å². The Morgan fingerprint density at radius 3 is 2.74 bits per heavy atom. The van der Waals surface area contributed by atoms with E-state index in [1.165, 1.54) is 0 Å². The summed E-state index contributed by atoms with van der Waals surface area (Å²) in [6.07, 6.45) is -5.28. The van der Waals surface area contributed by atoms with Gasteiger partial charge in [-0.15, -0.1) is 0 Å². The molecule has 0 saturated carbocycles. The molecule has 1 aromatic rings. The van der Waals surface area contributed by atoms with E-state index in [9.17, 15) is 18.0 Å². The van der Waals surface area contributed by atoms with Crippen LogP contribution in [-0.4, -0.2) is 30.2 Å². The Hall–Kier alpha value is -1.51. The van der Waals surface area contributed by atoms with Crippen molar-refractivity contribution in [1.82, 2.24) is 10.3 Å². The topological polar surface area (TPSA) is 80.0 Å². The van der Waals surface area contributed by atoms with Crippen molar-refractivity contribution >= 4 is 28.2 Å². The van der Waals surface area contributed by atoms with Crippen molar-refractivity contribution in [2.45, 2.75) is 25.9 Å². The molecule has 1 aromatic heterocycles. The normalized spacial score (nSPS) is 11.4. The summed E-state index contributed by atoms with van der Waals surface area (Å²) in [7, 11) is 0. The van der Waals surface area contributed by atoms with E-state index in [-0.39, 0.29) is 23.7 Å². The van der Waals surface area contributed by atoms with Gasteiger partial charge in [-0.2, -0.15) is 13.2 Å². The molecular weight excluding hydrogens is 281 g/mol. The lowest BCUT2D eigenvalue weighted by Gasteiger charge is -2.06. The molecular formula is C10H15F3N4OS. The van der Waals surface area contributed by atoms with E-state index in [1.54, 1.807) is 0 Å². The van der Waals surface area contributed by atoms with Crippen LogP contribution in [0.2, 0.25) is 0 Å². The van der Waals surface area contributed by atoms with Crippen LogP contribution < -0.4 is 16.4 Å². The maximum atomic E-state index is 11.9. The minimum Gasteiger partial charge on any atom is -0.382 e. The molecule has 0 aliphatic rings. The fourth-order valence-electron chi connectivity index (χ4n) is 1.29. The first-order valence-electron chi connectivity index (χ1n) is 5.68. The number of halogens is 3. The lowest BCUT2D eigenvalue weighted by Crippen LogP contribution is -2.25. The fourth-order valence-corrected chi connectivity index (χ4v) is 2.16. The number of rotatable bonds is 6. The molecule has 0 bridgehead atoms. The molecule has 0 aliphatic carbocycles. The predicted octanol–water partition coefficient (Wildman–Crippen LogP) is 2.23. The second kappa shape index (κ2) is 6.60. The average Bonchev–Trinajstić information content (AvgIpc) is 2.65. The van der Waals surface area contributed by atoms with E-state index in [1.807, 2.05) is 6.92 Å². The highest BCUT2D eigenvalue weighted by molar-refractivity contribution is 7.18. The van der Waals surface area contributed by atoms with Gasteiger partial charge in [-0.1, -0.05) is 11.3 Å². The third-order valence-corrected chi connectivity index (χ3v) is 3.14. The zero-order valence-electron chi connectivity index (χ0n) is 10.3. The number of nitrogens with zero attached hydrogens (tertiary/aromatic N) is 1. The molecule has 0 aliphatic heterocycles. The molecule has 1 rings (SSSR count). The van der Waals surface area contributed by atoms with Crippen LogP contribution in [0, 0.1) is 0 Å². The van der Waals surface area contributed by atoms with E-state index in [0.717, 1.165) is 11.3 Å². The first-order chi connectivity index (χ1) is 8.83. The van der Waals surface area contributed by atoms with Crippen LogP contribution in [-0.2, 0) is 0 Å². The maximum Gasteiger partial charge on any atom is 0.389 e. The minimum absolute atomic E-state index is 0.0494. The van der Waals surface area contributed by atoms with Gasteiger partial charge in [0.15, 0.2) is 5.13 Å². The van der Waals surface area contributed by atoms with Crippen LogP contribution in [0.5, 0.6) is 0 Å². The zero-order chi connectivity index (χ0) is 14.5. The molecule has 1 amide bonds. The number of aromatic nitrogens is 1. The number of alkyl halides is 3. The van der Waals surface area contributed by atoms with Gasteiger partial charge in [-0.05, 0) is 13.3 Å². The number of carbonyl (C=O) groups excluding carboxylic acids is 1. The zero-order valence-corrected chi connectivity index (χ0v) is 11.1. The quantitative estimate of drug-likeness (QED) is 0.703. The number of nitrogen functional groups attached to an aromatic ring is 1. The number of nitrogens with one attached hydrogen (secondary N) is 2. The number of hydrogen-bond acceptors (Lipinski definition) is 5. The summed E-state index contributed by atoms with van der Waals surface area (Å²) in [6.45, 7) is 2.46. The Morgan fingerprint density at radius 1 is 1.47 bits per heavy atom. The van der Waals surface area contributed by atoms with Gasteiger partial charge < -0.3 is 16.4 Å². The Morgan fingerprint density at radius 2 is 2.16 bits per heavy atom. The third-order valence-electron chi connectivity index (χ3n) is 2.11. The van der Waals surface area contributed by atoms with Gasteiger partial charge in [0.05, 0.1) is 0 Å². The SMILES string of the molecule is CCNc1nc(N)c(C(=O)NCCCC(F)(F)F)s1. The average molecular weight is 296 g/mol.